The molecule has 1 heterocycles. The van der Waals surface area contributed by atoms with Crippen LogP contribution in [0.3, 0.4) is 0 Å². The molecule has 0 radical (unpaired) electrons. The van der Waals surface area contributed by atoms with E-state index >= 15 is 0 Å². The van der Waals surface area contributed by atoms with E-state index in [1.54, 1.807) is 12.3 Å². The zero-order valence-corrected chi connectivity index (χ0v) is 6.99. The first-order valence-corrected chi connectivity index (χ1v) is 4.04. The fourth-order valence-electron chi connectivity index (χ4n) is 1.50. The molecule has 2 aliphatic rings. The van der Waals surface area contributed by atoms with Gasteiger partial charge in [0.1, 0.15) is 5.76 Å². The Hall–Kier alpha value is -1.31. The molecule has 2 rings (SSSR count). The molecule has 0 amide bonds. The summed E-state index contributed by atoms with van der Waals surface area (Å²) in [5.74, 6) is 0.329. The van der Waals surface area contributed by atoms with Crippen LogP contribution in [0.15, 0.2) is 40.8 Å². The fraction of sp³-hybridized carbons (Fsp3) is 0.300. The standard InChI is InChI=1S/C10H11NO/c1-10-4-2-6-11-9(10)7-8(12)3-5-10/h2-4,6-7,12H,5H2,1H3. The van der Waals surface area contributed by atoms with Crippen molar-refractivity contribution >= 4 is 6.21 Å². The molecular weight excluding hydrogens is 150 g/mol. The van der Waals surface area contributed by atoms with Crippen molar-refractivity contribution in [3.63, 3.8) is 0 Å². The van der Waals surface area contributed by atoms with E-state index in [0.29, 0.717) is 5.76 Å². The van der Waals surface area contributed by atoms with Crippen LogP contribution in [0.1, 0.15) is 13.3 Å². The van der Waals surface area contributed by atoms with Crippen molar-refractivity contribution in [3.8, 4) is 0 Å². The molecule has 0 aromatic carbocycles. The number of nitrogens with zero attached hydrogens (tertiary/aromatic N) is 1. The molecule has 0 aromatic heterocycles. The lowest BCUT2D eigenvalue weighted by atomic mass is 9.79. The Balaban J connectivity index is 2.44. The maximum atomic E-state index is 9.25. The zero-order valence-electron chi connectivity index (χ0n) is 6.99. The summed E-state index contributed by atoms with van der Waals surface area (Å²) in [5, 5.41) is 9.25. The van der Waals surface area contributed by atoms with Crippen LogP contribution in [0.5, 0.6) is 0 Å². The van der Waals surface area contributed by atoms with Gasteiger partial charge in [-0.05, 0) is 18.6 Å². The van der Waals surface area contributed by atoms with Crippen molar-refractivity contribution in [3.05, 3.63) is 35.8 Å². The Morgan fingerprint density at radius 3 is 3.25 bits per heavy atom. The second-order valence-electron chi connectivity index (χ2n) is 3.42. The number of allylic oxidation sites excluding steroid dienone is 4. The van der Waals surface area contributed by atoms with E-state index in [1.165, 1.54) is 0 Å². The lowest BCUT2D eigenvalue weighted by Crippen LogP contribution is -2.19. The summed E-state index contributed by atoms with van der Waals surface area (Å²) in [5.41, 5.74) is 0.950. The average Bonchev–Trinajstić information content (AvgIpc) is 2.06. The van der Waals surface area contributed by atoms with Gasteiger partial charge in [0.2, 0.25) is 0 Å². The number of hydrogen-bond donors (Lipinski definition) is 1. The molecule has 1 N–H and O–H groups in total. The van der Waals surface area contributed by atoms with Crippen molar-refractivity contribution in [1.82, 2.24) is 0 Å². The Labute approximate surface area is 71.6 Å². The van der Waals surface area contributed by atoms with Gasteiger partial charge in [-0.3, -0.25) is 4.99 Å². The monoisotopic (exact) mass is 161 g/mol. The summed E-state index contributed by atoms with van der Waals surface area (Å²) in [6, 6.07) is 0. The van der Waals surface area contributed by atoms with E-state index in [0.717, 1.165) is 12.1 Å². The van der Waals surface area contributed by atoms with Gasteiger partial charge in [-0.25, -0.2) is 0 Å². The molecule has 1 aliphatic heterocycles. The predicted molar refractivity (Wildman–Crippen MR) is 49.2 cm³/mol. The van der Waals surface area contributed by atoms with Crippen LogP contribution in [0.2, 0.25) is 0 Å². The highest BCUT2D eigenvalue weighted by Crippen LogP contribution is 2.39. The Morgan fingerprint density at radius 1 is 1.58 bits per heavy atom. The van der Waals surface area contributed by atoms with Crippen molar-refractivity contribution in [2.24, 2.45) is 10.4 Å². The Morgan fingerprint density at radius 2 is 2.42 bits per heavy atom. The number of aliphatic hydroxyl groups is 1. The maximum Gasteiger partial charge on any atom is 0.113 e. The quantitative estimate of drug-likeness (QED) is 0.581. The van der Waals surface area contributed by atoms with Crippen LogP contribution in [0.25, 0.3) is 0 Å². The molecule has 2 nitrogen and oxygen atoms in total. The molecule has 2 heteroatoms. The fourth-order valence-corrected chi connectivity index (χ4v) is 1.50. The second kappa shape index (κ2) is 2.34. The molecule has 62 valence electrons. The first-order valence-electron chi connectivity index (χ1n) is 4.04. The van der Waals surface area contributed by atoms with Gasteiger partial charge in [0.25, 0.3) is 0 Å². The molecule has 0 saturated heterocycles. The normalized spacial score (nSPS) is 32.4. The number of dihydropyridines is 1. The SMILES string of the molecule is CC12C=CC=NC1=CC(O)=CC2. The van der Waals surface area contributed by atoms with Gasteiger partial charge < -0.3 is 5.11 Å². The minimum absolute atomic E-state index is 0.000972. The summed E-state index contributed by atoms with van der Waals surface area (Å²) in [7, 11) is 0. The molecule has 0 aromatic rings. The van der Waals surface area contributed by atoms with Crippen LogP contribution >= 0.6 is 0 Å². The number of rotatable bonds is 0. The lowest BCUT2D eigenvalue weighted by molar-refractivity contribution is 0.402. The molecule has 1 unspecified atom stereocenters. The smallest absolute Gasteiger partial charge is 0.113 e. The number of hydrogen-bond acceptors (Lipinski definition) is 2. The lowest BCUT2D eigenvalue weighted by Gasteiger charge is -2.29. The summed E-state index contributed by atoms with van der Waals surface area (Å²) in [4.78, 5) is 4.22. The van der Waals surface area contributed by atoms with Gasteiger partial charge in [-0.2, -0.15) is 0 Å². The summed E-state index contributed by atoms with van der Waals surface area (Å²) in [6.45, 7) is 2.12. The van der Waals surface area contributed by atoms with Crippen molar-refractivity contribution in [2.45, 2.75) is 13.3 Å². The first kappa shape index (κ1) is 7.35. The van der Waals surface area contributed by atoms with Crippen LogP contribution in [0.4, 0.5) is 0 Å². The van der Waals surface area contributed by atoms with Gasteiger partial charge in [0.05, 0.1) is 5.70 Å². The average molecular weight is 161 g/mol. The van der Waals surface area contributed by atoms with Gasteiger partial charge in [-0.15, -0.1) is 0 Å². The van der Waals surface area contributed by atoms with E-state index in [2.05, 4.69) is 18.0 Å². The minimum Gasteiger partial charge on any atom is -0.508 e. The minimum atomic E-state index is 0.000972. The third-order valence-corrected chi connectivity index (χ3v) is 2.37. The van der Waals surface area contributed by atoms with E-state index in [1.807, 2.05) is 12.2 Å². The van der Waals surface area contributed by atoms with E-state index in [9.17, 15) is 5.11 Å². The summed E-state index contributed by atoms with van der Waals surface area (Å²) < 4.78 is 0. The number of fused-ring (bicyclic) bond motifs is 1. The third kappa shape index (κ3) is 0.998. The van der Waals surface area contributed by atoms with Crippen LogP contribution < -0.4 is 0 Å². The molecule has 0 bridgehead atoms. The maximum absolute atomic E-state index is 9.25. The van der Waals surface area contributed by atoms with Crippen LogP contribution in [-0.4, -0.2) is 11.3 Å². The summed E-state index contributed by atoms with van der Waals surface area (Å²) >= 11 is 0. The zero-order chi connectivity index (χ0) is 8.60. The highest BCUT2D eigenvalue weighted by atomic mass is 16.3. The molecule has 0 fully saturated rings. The topological polar surface area (TPSA) is 32.6 Å². The molecule has 12 heavy (non-hydrogen) atoms. The van der Waals surface area contributed by atoms with Crippen molar-refractivity contribution in [1.29, 1.82) is 0 Å². The number of aliphatic imine (C=N–C) groups is 1. The third-order valence-electron chi connectivity index (χ3n) is 2.37. The van der Waals surface area contributed by atoms with Crippen molar-refractivity contribution < 1.29 is 5.11 Å². The van der Waals surface area contributed by atoms with Crippen LogP contribution in [0, 0.1) is 5.41 Å². The highest BCUT2D eigenvalue weighted by molar-refractivity contribution is 5.75. The van der Waals surface area contributed by atoms with Gasteiger partial charge >= 0.3 is 0 Å². The van der Waals surface area contributed by atoms with E-state index in [-0.39, 0.29) is 5.41 Å². The van der Waals surface area contributed by atoms with E-state index in [4.69, 9.17) is 0 Å². The van der Waals surface area contributed by atoms with E-state index < -0.39 is 0 Å². The molecule has 0 spiro atoms. The largest absolute Gasteiger partial charge is 0.508 e. The first-order chi connectivity index (χ1) is 5.71. The van der Waals surface area contributed by atoms with Crippen molar-refractivity contribution in [2.75, 3.05) is 0 Å². The van der Waals surface area contributed by atoms with Gasteiger partial charge in [0, 0.05) is 17.7 Å². The molecule has 1 atom stereocenters. The molecule has 1 aliphatic carbocycles. The Kier molecular flexibility index (Phi) is 1.43. The molecule has 0 saturated carbocycles. The highest BCUT2D eigenvalue weighted by Gasteiger charge is 2.29. The molecular formula is C10H11NO. The number of aliphatic hydroxyl groups excluding tert-OH is 1. The second-order valence-corrected chi connectivity index (χ2v) is 3.42. The summed E-state index contributed by atoms with van der Waals surface area (Å²) in [6.07, 6.45) is 10.2. The van der Waals surface area contributed by atoms with Crippen LogP contribution in [-0.2, 0) is 0 Å². The predicted octanol–water partition coefficient (Wildman–Crippen LogP) is 2.36. The Bertz CT molecular complexity index is 323. The van der Waals surface area contributed by atoms with Gasteiger partial charge in [-0.1, -0.05) is 13.0 Å². The van der Waals surface area contributed by atoms with Gasteiger partial charge in [0.15, 0.2) is 0 Å².